The number of nitrogens with zero attached hydrogens (tertiary/aromatic N) is 1. The second-order valence-electron chi connectivity index (χ2n) is 7.66. The first kappa shape index (κ1) is 26.1. The monoisotopic (exact) mass is 501 g/mol. The van der Waals surface area contributed by atoms with E-state index in [2.05, 4.69) is 11.4 Å². The van der Waals surface area contributed by atoms with E-state index in [1.807, 2.05) is 35.7 Å². The number of alkyl halides is 3. The van der Waals surface area contributed by atoms with Crippen LogP contribution < -0.4 is 20.5 Å². The lowest BCUT2D eigenvalue weighted by Gasteiger charge is -2.17. The van der Waals surface area contributed by atoms with Crippen LogP contribution in [-0.4, -0.2) is 25.9 Å². The fourth-order valence-electron chi connectivity index (χ4n) is 3.22. The molecule has 0 saturated carbocycles. The van der Waals surface area contributed by atoms with Crippen molar-refractivity contribution in [3.05, 3.63) is 70.9 Å². The zero-order valence-electron chi connectivity index (χ0n) is 19.1. The number of thiophene rings is 1. The van der Waals surface area contributed by atoms with Gasteiger partial charge in [0, 0.05) is 6.42 Å². The summed E-state index contributed by atoms with van der Waals surface area (Å²) in [6, 6.07) is 16.2. The Kier molecular flexibility index (Phi) is 9.18. The maximum absolute atomic E-state index is 13.3. The second kappa shape index (κ2) is 12.3. The van der Waals surface area contributed by atoms with Gasteiger partial charge in [-0.3, -0.25) is 0 Å². The highest BCUT2D eigenvalue weighted by Crippen LogP contribution is 2.35. The molecule has 0 bridgehead atoms. The molecule has 1 unspecified atom stereocenters. The second-order valence-corrected chi connectivity index (χ2v) is 8.58. The summed E-state index contributed by atoms with van der Waals surface area (Å²) in [4.78, 5) is 0.589. The summed E-state index contributed by atoms with van der Waals surface area (Å²) in [7, 11) is 1.57. The van der Waals surface area contributed by atoms with Crippen molar-refractivity contribution in [2.24, 2.45) is 5.73 Å². The SMILES string of the molecule is COc1cccc(-c2csc(/C(=C/C(N)C(F)(F)F)Nc3ccccc3OCCCCC#N)c2)c1. The first-order valence-corrected chi connectivity index (χ1v) is 11.8. The molecule has 9 heteroatoms. The van der Waals surface area contributed by atoms with Crippen LogP contribution in [-0.2, 0) is 0 Å². The molecule has 0 amide bonds. The molecule has 3 rings (SSSR count). The molecular formula is C26H26F3N3O2S. The van der Waals surface area contributed by atoms with Crippen molar-refractivity contribution in [1.82, 2.24) is 0 Å². The van der Waals surface area contributed by atoms with Crippen LogP contribution in [0.25, 0.3) is 16.8 Å². The summed E-state index contributed by atoms with van der Waals surface area (Å²) in [6.07, 6.45) is -1.76. The normalized spacial score (nSPS) is 12.6. The largest absolute Gasteiger partial charge is 0.497 e. The molecule has 0 aliphatic carbocycles. The Bertz CT molecular complexity index is 1180. The van der Waals surface area contributed by atoms with Crippen LogP contribution in [0.1, 0.15) is 24.1 Å². The number of hydrogen-bond donors (Lipinski definition) is 2. The van der Waals surface area contributed by atoms with Crippen molar-refractivity contribution in [1.29, 1.82) is 5.26 Å². The molecule has 0 fully saturated rings. The number of methoxy groups -OCH3 is 1. The summed E-state index contributed by atoms with van der Waals surface area (Å²) in [5.41, 5.74) is 7.93. The predicted molar refractivity (Wildman–Crippen MR) is 133 cm³/mol. The molecule has 0 aliphatic heterocycles. The van der Waals surface area contributed by atoms with Gasteiger partial charge in [-0.25, -0.2) is 0 Å². The molecule has 0 radical (unpaired) electrons. The topological polar surface area (TPSA) is 80.3 Å². The van der Waals surface area contributed by atoms with E-state index in [1.54, 1.807) is 31.4 Å². The molecule has 1 heterocycles. The van der Waals surface area contributed by atoms with Crippen LogP contribution in [0.4, 0.5) is 18.9 Å². The molecule has 1 atom stereocenters. The number of benzene rings is 2. The molecule has 2 aromatic carbocycles. The zero-order chi connectivity index (χ0) is 25.3. The highest BCUT2D eigenvalue weighted by Gasteiger charge is 2.35. The summed E-state index contributed by atoms with van der Waals surface area (Å²) in [5, 5.41) is 13.6. The van der Waals surface area contributed by atoms with Gasteiger partial charge in [0.15, 0.2) is 0 Å². The van der Waals surface area contributed by atoms with Gasteiger partial charge in [0.05, 0.1) is 36.0 Å². The van der Waals surface area contributed by atoms with Crippen LogP contribution in [0.5, 0.6) is 11.5 Å². The Morgan fingerprint density at radius 1 is 1.14 bits per heavy atom. The summed E-state index contributed by atoms with van der Waals surface area (Å²) >= 11 is 1.30. The zero-order valence-corrected chi connectivity index (χ0v) is 20.0. The van der Waals surface area contributed by atoms with Crippen LogP contribution >= 0.6 is 11.3 Å². The first-order chi connectivity index (χ1) is 16.8. The molecular weight excluding hydrogens is 475 g/mol. The molecule has 1 aromatic heterocycles. The van der Waals surface area contributed by atoms with Crippen molar-refractivity contribution >= 4 is 22.7 Å². The van der Waals surface area contributed by atoms with E-state index in [0.717, 1.165) is 17.2 Å². The number of halogens is 3. The van der Waals surface area contributed by atoms with Crippen LogP contribution in [0.2, 0.25) is 0 Å². The fraction of sp³-hybridized carbons (Fsp3) is 0.269. The highest BCUT2D eigenvalue weighted by molar-refractivity contribution is 7.11. The molecule has 5 nitrogen and oxygen atoms in total. The van der Waals surface area contributed by atoms with Gasteiger partial charge in [0.25, 0.3) is 0 Å². The molecule has 0 spiro atoms. The van der Waals surface area contributed by atoms with E-state index in [-0.39, 0.29) is 5.70 Å². The number of nitrogens with one attached hydrogen (secondary N) is 1. The third kappa shape index (κ3) is 7.50. The van der Waals surface area contributed by atoms with E-state index >= 15 is 0 Å². The molecule has 0 saturated heterocycles. The van der Waals surface area contributed by atoms with Gasteiger partial charge < -0.3 is 20.5 Å². The van der Waals surface area contributed by atoms with Crippen molar-refractivity contribution in [2.45, 2.75) is 31.5 Å². The lowest BCUT2D eigenvalue weighted by molar-refractivity contribution is -0.136. The number of ether oxygens (including phenoxy) is 2. The third-order valence-electron chi connectivity index (χ3n) is 5.09. The number of unbranched alkanes of at least 4 members (excludes halogenated alkanes) is 2. The average Bonchev–Trinajstić information content (AvgIpc) is 3.34. The van der Waals surface area contributed by atoms with Gasteiger partial charge in [-0.2, -0.15) is 18.4 Å². The minimum Gasteiger partial charge on any atom is -0.497 e. The molecule has 184 valence electrons. The standard InChI is InChI=1S/C26H26F3N3O2S/c1-33-20-9-7-8-18(14-20)19-15-24(35-17-19)22(16-25(31)26(27,28)29)32-21-10-3-4-11-23(21)34-13-6-2-5-12-30/h3-4,7-11,14-17,25,32H,2,5-6,13,31H2,1H3/b22-16-. The van der Waals surface area contributed by atoms with E-state index in [9.17, 15) is 13.2 Å². The average molecular weight is 502 g/mol. The summed E-state index contributed by atoms with van der Waals surface area (Å²) in [6.45, 7) is 0.389. The van der Waals surface area contributed by atoms with Crippen molar-refractivity contribution < 1.29 is 22.6 Å². The maximum atomic E-state index is 13.3. The fourth-order valence-corrected chi connectivity index (χ4v) is 4.12. The van der Waals surface area contributed by atoms with Gasteiger partial charge >= 0.3 is 6.18 Å². The number of anilines is 1. The van der Waals surface area contributed by atoms with Gasteiger partial charge in [0.1, 0.15) is 17.5 Å². The number of para-hydroxylation sites is 2. The molecule has 0 aliphatic rings. The van der Waals surface area contributed by atoms with Gasteiger partial charge in [-0.05, 0) is 65.8 Å². The lowest BCUT2D eigenvalue weighted by atomic mass is 10.1. The van der Waals surface area contributed by atoms with Gasteiger partial charge in [-0.1, -0.05) is 24.3 Å². The van der Waals surface area contributed by atoms with E-state index < -0.39 is 12.2 Å². The number of nitriles is 1. The Balaban J connectivity index is 1.90. The quantitative estimate of drug-likeness (QED) is 0.281. The van der Waals surface area contributed by atoms with Crippen molar-refractivity contribution in [3.63, 3.8) is 0 Å². The summed E-state index contributed by atoms with van der Waals surface area (Å²) < 4.78 is 51.0. The van der Waals surface area contributed by atoms with Gasteiger partial charge in [-0.15, -0.1) is 11.3 Å². The highest BCUT2D eigenvalue weighted by atomic mass is 32.1. The van der Waals surface area contributed by atoms with Crippen LogP contribution in [0.15, 0.2) is 66.1 Å². The lowest BCUT2D eigenvalue weighted by Crippen LogP contribution is -2.35. The molecule has 35 heavy (non-hydrogen) atoms. The van der Waals surface area contributed by atoms with Crippen molar-refractivity contribution in [3.8, 4) is 28.7 Å². The number of hydrogen-bond acceptors (Lipinski definition) is 6. The van der Waals surface area contributed by atoms with Crippen molar-refractivity contribution in [2.75, 3.05) is 19.0 Å². The molecule has 3 aromatic rings. The van der Waals surface area contributed by atoms with E-state index in [4.69, 9.17) is 20.5 Å². The third-order valence-corrected chi connectivity index (χ3v) is 6.05. The Morgan fingerprint density at radius 3 is 2.69 bits per heavy atom. The predicted octanol–water partition coefficient (Wildman–Crippen LogP) is 6.84. The van der Waals surface area contributed by atoms with E-state index in [1.165, 1.54) is 11.3 Å². The Labute approximate surface area is 206 Å². The molecule has 3 N–H and O–H groups in total. The number of nitrogens with two attached hydrogens (primary N) is 1. The van der Waals surface area contributed by atoms with E-state index in [0.29, 0.717) is 47.9 Å². The Morgan fingerprint density at radius 2 is 1.94 bits per heavy atom. The minimum atomic E-state index is -4.59. The van der Waals surface area contributed by atoms with Gasteiger partial charge in [0.2, 0.25) is 0 Å². The number of rotatable bonds is 11. The first-order valence-electron chi connectivity index (χ1n) is 10.9. The minimum absolute atomic E-state index is 0.231. The maximum Gasteiger partial charge on any atom is 0.407 e. The summed E-state index contributed by atoms with van der Waals surface area (Å²) in [5.74, 6) is 1.18. The van der Waals surface area contributed by atoms with Crippen LogP contribution in [0.3, 0.4) is 0 Å². The smallest absolute Gasteiger partial charge is 0.407 e. The van der Waals surface area contributed by atoms with Crippen LogP contribution in [0, 0.1) is 11.3 Å². The Hall–Kier alpha value is -3.48.